The first kappa shape index (κ1) is 14.7. The highest BCUT2D eigenvalue weighted by Crippen LogP contribution is 2.03. The molecule has 0 bridgehead atoms. The van der Waals surface area contributed by atoms with E-state index in [4.69, 9.17) is 4.74 Å². The summed E-state index contributed by atoms with van der Waals surface area (Å²) >= 11 is 0. The Bertz CT molecular complexity index is 338. The number of esters is 1. The van der Waals surface area contributed by atoms with Crippen molar-refractivity contribution in [1.82, 2.24) is 5.32 Å². The minimum atomic E-state index is -0.114. The molecule has 0 aromatic heterocycles. The van der Waals surface area contributed by atoms with Gasteiger partial charge in [0.2, 0.25) is 0 Å². The second-order valence-electron chi connectivity index (χ2n) is 4.47. The van der Waals surface area contributed by atoms with Crippen LogP contribution in [0.5, 0.6) is 0 Å². The van der Waals surface area contributed by atoms with Gasteiger partial charge in [-0.15, -0.1) is 0 Å². The van der Waals surface area contributed by atoms with Crippen molar-refractivity contribution in [1.29, 1.82) is 0 Å². The lowest BCUT2D eigenvalue weighted by Crippen LogP contribution is -2.28. The molecule has 0 radical (unpaired) electrons. The molecule has 100 valence electrons. The van der Waals surface area contributed by atoms with E-state index in [1.807, 2.05) is 32.0 Å². The Morgan fingerprint density at radius 2 is 2.06 bits per heavy atom. The topological polar surface area (TPSA) is 38.3 Å². The zero-order chi connectivity index (χ0) is 13.2. The minimum Gasteiger partial charge on any atom is -0.466 e. The zero-order valence-corrected chi connectivity index (χ0v) is 11.3. The van der Waals surface area contributed by atoms with E-state index in [1.165, 1.54) is 5.56 Å². The fourth-order valence-corrected chi connectivity index (χ4v) is 1.84. The average molecular weight is 249 g/mol. The van der Waals surface area contributed by atoms with E-state index >= 15 is 0 Å². The molecule has 0 saturated carbocycles. The van der Waals surface area contributed by atoms with Crippen LogP contribution >= 0.6 is 0 Å². The van der Waals surface area contributed by atoms with Crippen LogP contribution in [-0.2, 0) is 16.0 Å². The average Bonchev–Trinajstić information content (AvgIpc) is 2.36. The van der Waals surface area contributed by atoms with Crippen molar-refractivity contribution in [3.63, 3.8) is 0 Å². The molecule has 1 aromatic rings. The summed E-state index contributed by atoms with van der Waals surface area (Å²) in [4.78, 5) is 11.5. The molecule has 0 aliphatic heterocycles. The maximum absolute atomic E-state index is 11.5. The van der Waals surface area contributed by atoms with Gasteiger partial charge in [0.15, 0.2) is 0 Å². The van der Waals surface area contributed by atoms with Crippen molar-refractivity contribution in [3.8, 4) is 0 Å². The lowest BCUT2D eigenvalue weighted by molar-refractivity contribution is -0.144. The highest BCUT2D eigenvalue weighted by atomic mass is 16.5. The molecule has 0 saturated heterocycles. The van der Waals surface area contributed by atoms with Crippen LogP contribution in [-0.4, -0.2) is 25.2 Å². The molecule has 1 atom stereocenters. The molecular formula is C15H23NO2. The molecule has 1 unspecified atom stereocenters. The molecule has 1 rings (SSSR count). The molecule has 0 fully saturated rings. The normalized spacial score (nSPS) is 12.1. The number of aryl methyl sites for hydroxylation is 1. The smallest absolute Gasteiger partial charge is 0.307 e. The summed E-state index contributed by atoms with van der Waals surface area (Å²) < 4.78 is 5.20. The van der Waals surface area contributed by atoms with Crippen molar-refractivity contribution in [3.05, 3.63) is 35.9 Å². The third kappa shape index (κ3) is 6.40. The predicted molar refractivity (Wildman–Crippen MR) is 73.5 cm³/mol. The van der Waals surface area contributed by atoms with E-state index in [-0.39, 0.29) is 12.0 Å². The van der Waals surface area contributed by atoms with E-state index in [2.05, 4.69) is 17.4 Å². The highest BCUT2D eigenvalue weighted by molar-refractivity contribution is 5.70. The van der Waals surface area contributed by atoms with Gasteiger partial charge < -0.3 is 10.1 Å². The van der Waals surface area contributed by atoms with Crippen LogP contribution in [0.1, 0.15) is 32.3 Å². The molecule has 0 aliphatic rings. The van der Waals surface area contributed by atoms with Gasteiger partial charge in [0.05, 0.1) is 13.0 Å². The van der Waals surface area contributed by atoms with Gasteiger partial charge in [0.25, 0.3) is 0 Å². The number of rotatable bonds is 8. The predicted octanol–water partition coefficient (Wildman–Crippen LogP) is 2.55. The lowest BCUT2D eigenvalue weighted by atomic mass is 10.1. The van der Waals surface area contributed by atoms with Crippen LogP contribution in [0.2, 0.25) is 0 Å². The van der Waals surface area contributed by atoms with Gasteiger partial charge in [0.1, 0.15) is 0 Å². The third-order valence-corrected chi connectivity index (χ3v) is 2.74. The number of benzene rings is 1. The quantitative estimate of drug-likeness (QED) is 0.568. The molecule has 3 heteroatoms. The van der Waals surface area contributed by atoms with Crippen LogP contribution in [0.15, 0.2) is 30.3 Å². The number of ether oxygens (including phenoxy) is 1. The summed E-state index contributed by atoms with van der Waals surface area (Å²) in [6, 6.07) is 10.4. The van der Waals surface area contributed by atoms with Crippen LogP contribution in [0.25, 0.3) is 0 Å². The minimum absolute atomic E-state index is 0.114. The second-order valence-corrected chi connectivity index (χ2v) is 4.47. The molecule has 18 heavy (non-hydrogen) atoms. The Balaban J connectivity index is 2.09. The zero-order valence-electron chi connectivity index (χ0n) is 11.3. The second kappa shape index (κ2) is 8.70. The largest absolute Gasteiger partial charge is 0.466 e. The number of nitrogens with one attached hydrogen (secondary N) is 1. The van der Waals surface area contributed by atoms with Crippen molar-refractivity contribution >= 4 is 5.97 Å². The van der Waals surface area contributed by atoms with E-state index in [0.29, 0.717) is 13.0 Å². The van der Waals surface area contributed by atoms with E-state index in [1.54, 1.807) is 0 Å². The summed E-state index contributed by atoms with van der Waals surface area (Å²) in [5.41, 5.74) is 1.29. The van der Waals surface area contributed by atoms with Gasteiger partial charge in [-0.2, -0.15) is 0 Å². The van der Waals surface area contributed by atoms with E-state index in [9.17, 15) is 4.79 Å². The van der Waals surface area contributed by atoms with Crippen molar-refractivity contribution in [2.45, 2.75) is 39.2 Å². The summed E-state index contributed by atoms with van der Waals surface area (Å²) in [6.07, 6.45) is 2.28. The molecule has 0 aliphatic carbocycles. The lowest BCUT2D eigenvalue weighted by Gasteiger charge is -2.11. The van der Waals surface area contributed by atoms with Gasteiger partial charge in [0, 0.05) is 6.04 Å². The monoisotopic (exact) mass is 249 g/mol. The molecule has 1 N–H and O–H groups in total. The van der Waals surface area contributed by atoms with Gasteiger partial charge in [-0.3, -0.25) is 4.79 Å². The first-order chi connectivity index (χ1) is 8.72. The Morgan fingerprint density at radius 1 is 1.33 bits per heavy atom. The van der Waals surface area contributed by atoms with Crippen molar-refractivity contribution < 1.29 is 9.53 Å². The maximum Gasteiger partial charge on any atom is 0.307 e. The van der Waals surface area contributed by atoms with Gasteiger partial charge in [-0.1, -0.05) is 37.3 Å². The molecule has 1 aromatic carbocycles. The van der Waals surface area contributed by atoms with Gasteiger partial charge in [-0.25, -0.2) is 0 Å². The van der Waals surface area contributed by atoms with Gasteiger partial charge >= 0.3 is 5.97 Å². The Morgan fingerprint density at radius 3 is 2.72 bits per heavy atom. The summed E-state index contributed by atoms with van der Waals surface area (Å²) in [6.45, 7) is 5.41. The van der Waals surface area contributed by atoms with Gasteiger partial charge in [-0.05, 0) is 31.9 Å². The van der Waals surface area contributed by atoms with Crippen LogP contribution in [0, 0.1) is 0 Å². The van der Waals surface area contributed by atoms with E-state index < -0.39 is 0 Å². The highest BCUT2D eigenvalue weighted by Gasteiger charge is 2.08. The third-order valence-electron chi connectivity index (χ3n) is 2.74. The number of hydrogen-bond donors (Lipinski definition) is 1. The maximum atomic E-state index is 11.5. The van der Waals surface area contributed by atoms with E-state index in [0.717, 1.165) is 19.4 Å². The first-order valence-electron chi connectivity index (χ1n) is 6.65. The summed E-state index contributed by atoms with van der Waals surface area (Å²) in [5, 5.41) is 3.19. The van der Waals surface area contributed by atoms with Crippen molar-refractivity contribution in [2.75, 3.05) is 13.2 Å². The molecule has 0 amide bonds. The van der Waals surface area contributed by atoms with Crippen LogP contribution in [0.3, 0.4) is 0 Å². The number of hydrogen-bond acceptors (Lipinski definition) is 3. The molecular weight excluding hydrogens is 226 g/mol. The Hall–Kier alpha value is -1.35. The summed E-state index contributed by atoms with van der Waals surface area (Å²) in [5.74, 6) is -0.114. The number of carbonyl (C=O) groups excluding carboxylic acids is 1. The Labute approximate surface area is 110 Å². The van der Waals surface area contributed by atoms with Crippen molar-refractivity contribution in [2.24, 2.45) is 0 Å². The molecule has 0 heterocycles. The first-order valence-corrected chi connectivity index (χ1v) is 6.65. The summed E-state index contributed by atoms with van der Waals surface area (Å²) in [7, 11) is 0. The fourth-order valence-electron chi connectivity index (χ4n) is 1.84. The van der Waals surface area contributed by atoms with Crippen LogP contribution < -0.4 is 5.32 Å². The molecule has 0 spiro atoms. The fraction of sp³-hybridized carbons (Fsp3) is 0.533. The standard InChI is InChI=1S/C15H23NO2/c1-3-16-13(2)12-15(17)18-11-7-10-14-8-5-4-6-9-14/h4-6,8-9,13,16H,3,7,10-12H2,1-2H3. The Kier molecular flexibility index (Phi) is 7.11. The molecule has 3 nitrogen and oxygen atoms in total. The van der Waals surface area contributed by atoms with Crippen LogP contribution in [0.4, 0.5) is 0 Å². The SMILES string of the molecule is CCNC(C)CC(=O)OCCCc1ccccc1. The number of carbonyl (C=O) groups is 1.